The summed E-state index contributed by atoms with van der Waals surface area (Å²) >= 11 is 0. The Balaban J connectivity index is 2.49. The predicted octanol–water partition coefficient (Wildman–Crippen LogP) is 1.76. The second kappa shape index (κ2) is 3.90. The third kappa shape index (κ3) is 2.29. The summed E-state index contributed by atoms with van der Waals surface area (Å²) in [5, 5.41) is 0. The zero-order chi connectivity index (χ0) is 10.0. The molecule has 0 spiro atoms. The van der Waals surface area contributed by atoms with Crippen LogP contribution < -0.4 is 0 Å². The largest absolute Gasteiger partial charge is 0.393 e. The molecule has 1 rings (SSSR count). The van der Waals surface area contributed by atoms with Crippen LogP contribution in [0.25, 0.3) is 0 Å². The van der Waals surface area contributed by atoms with Gasteiger partial charge in [-0.3, -0.25) is 9.59 Å². The van der Waals surface area contributed by atoms with Crippen LogP contribution in [0.3, 0.4) is 0 Å². The molecule has 13 heavy (non-hydrogen) atoms. The lowest BCUT2D eigenvalue weighted by molar-refractivity contribution is -0.153. The van der Waals surface area contributed by atoms with Gasteiger partial charge in [-0.25, -0.2) is 0 Å². The fraction of sp³-hybridized carbons (Fsp3) is 0.800. The maximum absolute atomic E-state index is 11.2. The molecule has 0 saturated carbocycles. The van der Waals surface area contributed by atoms with Gasteiger partial charge in [0, 0.05) is 0 Å². The van der Waals surface area contributed by atoms with Gasteiger partial charge in [-0.15, -0.1) is 0 Å². The van der Waals surface area contributed by atoms with Crippen LogP contribution in [0.15, 0.2) is 0 Å². The van der Waals surface area contributed by atoms with E-state index in [0.717, 1.165) is 12.8 Å². The van der Waals surface area contributed by atoms with Gasteiger partial charge in [-0.05, 0) is 12.3 Å². The molecule has 0 amide bonds. The standard InChI is InChI=1S/C10H16O3/c1-6(2)4-5-8-7(3)9(11)13-10(8)12/h6-8H,4-5H2,1-3H3. The highest BCUT2D eigenvalue weighted by Gasteiger charge is 2.40. The molecule has 0 bridgehead atoms. The fourth-order valence-electron chi connectivity index (χ4n) is 1.52. The predicted molar refractivity (Wildman–Crippen MR) is 47.8 cm³/mol. The third-order valence-corrected chi connectivity index (χ3v) is 2.53. The first kappa shape index (κ1) is 10.2. The molecule has 1 fully saturated rings. The SMILES string of the molecule is CC(C)CCC1C(=O)OC(=O)C1C. The van der Waals surface area contributed by atoms with Crippen LogP contribution in [0.1, 0.15) is 33.6 Å². The topological polar surface area (TPSA) is 43.4 Å². The highest BCUT2D eigenvalue weighted by Crippen LogP contribution is 2.28. The number of rotatable bonds is 3. The number of esters is 2. The Hall–Kier alpha value is -0.860. The molecule has 2 unspecified atom stereocenters. The molecule has 2 atom stereocenters. The molecule has 1 heterocycles. The van der Waals surface area contributed by atoms with Gasteiger partial charge in [0.15, 0.2) is 0 Å². The molecule has 1 saturated heterocycles. The second-order valence-electron chi connectivity index (χ2n) is 4.11. The molecule has 0 aromatic carbocycles. The number of carbonyl (C=O) groups excluding carboxylic acids is 2. The Labute approximate surface area is 78.5 Å². The molecular formula is C10H16O3. The quantitative estimate of drug-likeness (QED) is 0.496. The normalized spacial score (nSPS) is 28.3. The highest BCUT2D eigenvalue weighted by molar-refractivity contribution is 5.96. The summed E-state index contributed by atoms with van der Waals surface area (Å²) in [7, 11) is 0. The van der Waals surface area contributed by atoms with Crippen molar-refractivity contribution in [3.05, 3.63) is 0 Å². The van der Waals surface area contributed by atoms with Crippen LogP contribution in [0.2, 0.25) is 0 Å². The van der Waals surface area contributed by atoms with Gasteiger partial charge in [-0.1, -0.05) is 27.2 Å². The van der Waals surface area contributed by atoms with Crippen LogP contribution in [0, 0.1) is 17.8 Å². The van der Waals surface area contributed by atoms with Gasteiger partial charge in [-0.2, -0.15) is 0 Å². The minimum absolute atomic E-state index is 0.199. The molecule has 0 aromatic rings. The molecule has 0 N–H and O–H groups in total. The fourth-order valence-corrected chi connectivity index (χ4v) is 1.52. The summed E-state index contributed by atoms with van der Waals surface area (Å²) in [5.41, 5.74) is 0. The molecule has 1 aliphatic heterocycles. The van der Waals surface area contributed by atoms with Crippen molar-refractivity contribution in [2.75, 3.05) is 0 Å². The van der Waals surface area contributed by atoms with Crippen molar-refractivity contribution in [3.8, 4) is 0 Å². The third-order valence-electron chi connectivity index (χ3n) is 2.53. The van der Waals surface area contributed by atoms with Crippen LogP contribution >= 0.6 is 0 Å². The summed E-state index contributed by atoms with van der Waals surface area (Å²) < 4.78 is 4.54. The molecule has 3 heteroatoms. The molecule has 1 aliphatic rings. The number of hydrogen-bond acceptors (Lipinski definition) is 3. The van der Waals surface area contributed by atoms with Crippen LogP contribution in [0.4, 0.5) is 0 Å². The van der Waals surface area contributed by atoms with Gasteiger partial charge >= 0.3 is 11.9 Å². The van der Waals surface area contributed by atoms with Crippen molar-refractivity contribution < 1.29 is 14.3 Å². The van der Waals surface area contributed by atoms with E-state index >= 15 is 0 Å². The van der Waals surface area contributed by atoms with E-state index in [1.54, 1.807) is 6.92 Å². The maximum atomic E-state index is 11.2. The summed E-state index contributed by atoms with van der Waals surface area (Å²) in [5.74, 6) is -0.575. The molecule has 0 aromatic heterocycles. The van der Waals surface area contributed by atoms with E-state index in [-0.39, 0.29) is 23.8 Å². The Morgan fingerprint density at radius 1 is 1.31 bits per heavy atom. The minimum atomic E-state index is -0.362. The lowest BCUT2D eigenvalue weighted by Gasteiger charge is -2.10. The summed E-state index contributed by atoms with van der Waals surface area (Å²) in [6.07, 6.45) is 1.74. The second-order valence-corrected chi connectivity index (χ2v) is 4.11. The van der Waals surface area contributed by atoms with Crippen LogP contribution in [-0.4, -0.2) is 11.9 Å². The summed E-state index contributed by atoms with van der Waals surface area (Å²) in [6, 6.07) is 0. The average molecular weight is 184 g/mol. The van der Waals surface area contributed by atoms with E-state index in [1.165, 1.54) is 0 Å². The van der Waals surface area contributed by atoms with Gasteiger partial charge < -0.3 is 4.74 Å². The van der Waals surface area contributed by atoms with E-state index in [4.69, 9.17) is 0 Å². The van der Waals surface area contributed by atoms with Gasteiger partial charge in [0.25, 0.3) is 0 Å². The van der Waals surface area contributed by atoms with E-state index in [9.17, 15) is 9.59 Å². The van der Waals surface area contributed by atoms with Gasteiger partial charge in [0.1, 0.15) is 0 Å². The zero-order valence-electron chi connectivity index (χ0n) is 8.37. The first-order valence-electron chi connectivity index (χ1n) is 4.78. The van der Waals surface area contributed by atoms with E-state index in [1.807, 2.05) is 0 Å². The number of cyclic esters (lactones) is 2. The monoisotopic (exact) mass is 184 g/mol. The number of hydrogen-bond donors (Lipinski definition) is 0. The number of ether oxygens (including phenoxy) is 1. The van der Waals surface area contributed by atoms with Gasteiger partial charge in [0.05, 0.1) is 11.8 Å². The van der Waals surface area contributed by atoms with Crippen LogP contribution in [-0.2, 0) is 14.3 Å². The van der Waals surface area contributed by atoms with E-state index in [0.29, 0.717) is 5.92 Å². The zero-order valence-corrected chi connectivity index (χ0v) is 8.37. The lowest BCUT2D eigenvalue weighted by atomic mass is 9.90. The summed E-state index contributed by atoms with van der Waals surface area (Å²) in [6.45, 7) is 5.97. The number of carbonyl (C=O) groups is 2. The minimum Gasteiger partial charge on any atom is -0.393 e. The average Bonchev–Trinajstić information content (AvgIpc) is 2.24. The molecule has 0 aliphatic carbocycles. The van der Waals surface area contributed by atoms with Crippen molar-refractivity contribution in [2.45, 2.75) is 33.6 Å². The van der Waals surface area contributed by atoms with Crippen molar-refractivity contribution in [3.63, 3.8) is 0 Å². The Morgan fingerprint density at radius 3 is 2.31 bits per heavy atom. The van der Waals surface area contributed by atoms with E-state index in [2.05, 4.69) is 18.6 Å². The smallest absolute Gasteiger partial charge is 0.317 e. The van der Waals surface area contributed by atoms with Crippen LogP contribution in [0.5, 0.6) is 0 Å². The molecular weight excluding hydrogens is 168 g/mol. The van der Waals surface area contributed by atoms with Gasteiger partial charge in [0.2, 0.25) is 0 Å². The van der Waals surface area contributed by atoms with Crippen molar-refractivity contribution in [1.29, 1.82) is 0 Å². The molecule has 0 radical (unpaired) electrons. The van der Waals surface area contributed by atoms with Crippen molar-refractivity contribution >= 4 is 11.9 Å². The van der Waals surface area contributed by atoms with Crippen molar-refractivity contribution in [1.82, 2.24) is 0 Å². The first-order valence-corrected chi connectivity index (χ1v) is 4.78. The van der Waals surface area contributed by atoms with Crippen molar-refractivity contribution in [2.24, 2.45) is 17.8 Å². The highest BCUT2D eigenvalue weighted by atomic mass is 16.6. The lowest BCUT2D eigenvalue weighted by Crippen LogP contribution is -2.15. The Kier molecular flexibility index (Phi) is 3.07. The first-order chi connectivity index (χ1) is 6.02. The molecule has 3 nitrogen and oxygen atoms in total. The Morgan fingerprint density at radius 2 is 1.92 bits per heavy atom. The Bertz CT molecular complexity index is 220. The van der Waals surface area contributed by atoms with E-state index < -0.39 is 0 Å². The maximum Gasteiger partial charge on any atom is 0.317 e. The summed E-state index contributed by atoms with van der Waals surface area (Å²) in [4.78, 5) is 22.2. The molecule has 74 valence electrons.